The molecule has 0 N–H and O–H groups in total. The van der Waals surface area contributed by atoms with E-state index < -0.39 is 0 Å². The number of thioether (sulfide) groups is 1. The van der Waals surface area contributed by atoms with Gasteiger partial charge < -0.3 is 9.47 Å². The number of aryl methyl sites for hydroxylation is 1. The van der Waals surface area contributed by atoms with E-state index in [0.29, 0.717) is 18.2 Å². The second-order valence-electron chi connectivity index (χ2n) is 7.27. The molecule has 6 heteroatoms. The van der Waals surface area contributed by atoms with Crippen LogP contribution in [-0.2, 0) is 18.4 Å². The van der Waals surface area contributed by atoms with Gasteiger partial charge in [-0.2, -0.15) is 0 Å². The van der Waals surface area contributed by atoms with Crippen molar-refractivity contribution in [3.05, 3.63) is 71.5 Å². The highest BCUT2D eigenvalue weighted by Gasteiger charge is 2.29. The fourth-order valence-corrected chi connectivity index (χ4v) is 4.03. The molecule has 1 aliphatic rings. The number of carbonyl (C=O) groups is 1. The summed E-state index contributed by atoms with van der Waals surface area (Å²) in [4.78, 5) is 15.0. The zero-order chi connectivity index (χ0) is 19.5. The fraction of sp³-hybridized carbons (Fsp3) is 0.318. The molecule has 0 saturated heterocycles. The van der Waals surface area contributed by atoms with Crippen molar-refractivity contribution >= 4 is 23.4 Å². The van der Waals surface area contributed by atoms with Crippen molar-refractivity contribution in [3.8, 4) is 0 Å². The Bertz CT molecular complexity index is 966. The van der Waals surface area contributed by atoms with Crippen LogP contribution < -0.4 is 4.90 Å². The average molecular weight is 393 g/mol. The lowest BCUT2D eigenvalue weighted by molar-refractivity contribution is -0.116. The Morgan fingerprint density at radius 1 is 1.14 bits per heavy atom. The summed E-state index contributed by atoms with van der Waals surface area (Å²) in [5.41, 5.74) is 3.17. The molecular weight excluding hydrogens is 368 g/mol. The van der Waals surface area contributed by atoms with Crippen LogP contribution in [0.15, 0.2) is 59.8 Å². The summed E-state index contributed by atoms with van der Waals surface area (Å²) in [5.74, 6) is 1.98. The van der Waals surface area contributed by atoms with Gasteiger partial charge in [0.1, 0.15) is 5.82 Å². The van der Waals surface area contributed by atoms with Crippen LogP contribution in [0, 0.1) is 6.92 Å². The van der Waals surface area contributed by atoms with Crippen LogP contribution in [0.5, 0.6) is 0 Å². The molecule has 0 atom stereocenters. The SMILES string of the molecule is Cc1cccc(N(Cc2ccccc2)C(=O)CSc2nnc(C3CC3)n2C)c1. The Morgan fingerprint density at radius 2 is 1.93 bits per heavy atom. The van der Waals surface area contributed by atoms with Crippen LogP contribution in [0.2, 0.25) is 0 Å². The van der Waals surface area contributed by atoms with E-state index in [1.54, 1.807) is 0 Å². The first kappa shape index (κ1) is 18.7. The van der Waals surface area contributed by atoms with Crippen molar-refractivity contribution in [3.63, 3.8) is 0 Å². The molecule has 1 heterocycles. The smallest absolute Gasteiger partial charge is 0.237 e. The minimum atomic E-state index is 0.0652. The Kier molecular flexibility index (Phi) is 5.48. The lowest BCUT2D eigenvalue weighted by atomic mass is 10.1. The summed E-state index contributed by atoms with van der Waals surface area (Å²) >= 11 is 1.46. The molecule has 0 unspecified atom stereocenters. The summed E-state index contributed by atoms with van der Waals surface area (Å²) in [6, 6.07) is 18.2. The van der Waals surface area contributed by atoms with E-state index in [1.165, 1.54) is 24.6 Å². The monoisotopic (exact) mass is 392 g/mol. The van der Waals surface area contributed by atoms with E-state index in [4.69, 9.17) is 0 Å². The molecular formula is C22H24N4OS. The number of carbonyl (C=O) groups excluding carboxylic acids is 1. The third-order valence-electron chi connectivity index (χ3n) is 4.93. The molecule has 1 aromatic heterocycles. The van der Waals surface area contributed by atoms with Gasteiger partial charge in [0.25, 0.3) is 0 Å². The summed E-state index contributed by atoms with van der Waals surface area (Å²) in [7, 11) is 1.99. The highest BCUT2D eigenvalue weighted by atomic mass is 32.2. The first-order valence-corrected chi connectivity index (χ1v) is 10.5. The number of rotatable bonds is 7. The Balaban J connectivity index is 1.51. The maximum atomic E-state index is 13.1. The van der Waals surface area contributed by atoms with E-state index in [2.05, 4.69) is 16.3 Å². The van der Waals surface area contributed by atoms with Crippen molar-refractivity contribution in [2.24, 2.45) is 7.05 Å². The van der Waals surface area contributed by atoms with Gasteiger partial charge in [-0.3, -0.25) is 4.79 Å². The lowest BCUT2D eigenvalue weighted by Gasteiger charge is -2.23. The average Bonchev–Trinajstić information content (AvgIpc) is 3.48. The number of anilines is 1. The molecule has 28 heavy (non-hydrogen) atoms. The topological polar surface area (TPSA) is 51.0 Å². The van der Waals surface area contributed by atoms with Crippen molar-refractivity contribution in [1.29, 1.82) is 0 Å². The highest BCUT2D eigenvalue weighted by Crippen LogP contribution is 2.39. The minimum Gasteiger partial charge on any atom is -0.309 e. The van der Waals surface area contributed by atoms with Crippen molar-refractivity contribution < 1.29 is 4.79 Å². The molecule has 3 aromatic rings. The summed E-state index contributed by atoms with van der Waals surface area (Å²) in [6.07, 6.45) is 2.38. The molecule has 0 radical (unpaired) electrons. The molecule has 1 amide bonds. The fourth-order valence-electron chi connectivity index (χ4n) is 3.24. The van der Waals surface area contributed by atoms with Crippen LogP contribution in [0.4, 0.5) is 5.69 Å². The maximum Gasteiger partial charge on any atom is 0.237 e. The molecule has 5 nitrogen and oxygen atoms in total. The second-order valence-corrected chi connectivity index (χ2v) is 8.21. The van der Waals surface area contributed by atoms with E-state index >= 15 is 0 Å². The molecule has 1 aliphatic carbocycles. The number of aromatic nitrogens is 3. The van der Waals surface area contributed by atoms with Gasteiger partial charge in [-0.05, 0) is 43.0 Å². The van der Waals surface area contributed by atoms with Crippen LogP contribution in [0.25, 0.3) is 0 Å². The number of hydrogen-bond acceptors (Lipinski definition) is 4. The van der Waals surface area contributed by atoms with Crippen LogP contribution in [0.1, 0.15) is 35.7 Å². The number of hydrogen-bond donors (Lipinski definition) is 0. The Labute approximate surface area is 169 Å². The van der Waals surface area contributed by atoms with Gasteiger partial charge in [0.15, 0.2) is 5.16 Å². The molecule has 144 valence electrons. The first-order chi connectivity index (χ1) is 13.6. The standard InChI is InChI=1S/C22H24N4OS/c1-16-7-6-10-19(13-16)26(14-17-8-4-3-5-9-17)20(27)15-28-22-24-23-21(25(22)2)18-11-12-18/h3-10,13,18H,11-12,14-15H2,1-2H3. The van der Waals surface area contributed by atoms with Gasteiger partial charge in [-0.25, -0.2) is 0 Å². The molecule has 0 spiro atoms. The van der Waals surface area contributed by atoms with Gasteiger partial charge in [-0.15, -0.1) is 10.2 Å². The van der Waals surface area contributed by atoms with Gasteiger partial charge >= 0.3 is 0 Å². The normalized spacial score (nSPS) is 13.5. The van der Waals surface area contributed by atoms with E-state index in [1.807, 2.05) is 72.0 Å². The van der Waals surface area contributed by atoms with Gasteiger partial charge in [0, 0.05) is 18.7 Å². The maximum absolute atomic E-state index is 13.1. The molecule has 1 saturated carbocycles. The van der Waals surface area contributed by atoms with Gasteiger partial charge in [-0.1, -0.05) is 54.2 Å². The van der Waals surface area contributed by atoms with E-state index in [9.17, 15) is 4.79 Å². The minimum absolute atomic E-state index is 0.0652. The molecule has 0 bridgehead atoms. The van der Waals surface area contributed by atoms with E-state index in [0.717, 1.165) is 27.8 Å². The lowest BCUT2D eigenvalue weighted by Crippen LogP contribution is -2.32. The molecule has 4 rings (SSSR count). The van der Waals surface area contributed by atoms with E-state index in [-0.39, 0.29) is 5.91 Å². The van der Waals surface area contributed by atoms with Crippen LogP contribution in [-0.4, -0.2) is 26.4 Å². The third-order valence-corrected chi connectivity index (χ3v) is 5.94. The quantitative estimate of drug-likeness (QED) is 0.562. The number of benzene rings is 2. The zero-order valence-corrected chi connectivity index (χ0v) is 17.0. The zero-order valence-electron chi connectivity index (χ0n) is 16.2. The van der Waals surface area contributed by atoms with Crippen molar-refractivity contribution in [1.82, 2.24) is 14.8 Å². The molecule has 1 fully saturated rings. The first-order valence-electron chi connectivity index (χ1n) is 9.55. The Morgan fingerprint density at radius 3 is 2.64 bits per heavy atom. The predicted octanol–water partition coefficient (Wildman–Crippen LogP) is 4.33. The molecule has 2 aromatic carbocycles. The third kappa shape index (κ3) is 4.28. The highest BCUT2D eigenvalue weighted by molar-refractivity contribution is 7.99. The number of amides is 1. The Hall–Kier alpha value is -2.60. The van der Waals surface area contributed by atoms with Crippen molar-refractivity contribution in [2.75, 3.05) is 10.7 Å². The summed E-state index contributed by atoms with van der Waals surface area (Å²) in [5, 5.41) is 9.39. The van der Waals surface area contributed by atoms with Gasteiger partial charge in [0.05, 0.1) is 12.3 Å². The number of nitrogens with zero attached hydrogens (tertiary/aromatic N) is 4. The second kappa shape index (κ2) is 8.19. The summed E-state index contributed by atoms with van der Waals surface area (Å²) in [6.45, 7) is 2.60. The predicted molar refractivity (Wildman–Crippen MR) is 113 cm³/mol. The van der Waals surface area contributed by atoms with Crippen LogP contribution in [0.3, 0.4) is 0 Å². The summed E-state index contributed by atoms with van der Waals surface area (Å²) < 4.78 is 2.03. The molecule has 0 aliphatic heterocycles. The van der Waals surface area contributed by atoms with Crippen molar-refractivity contribution in [2.45, 2.75) is 37.4 Å². The van der Waals surface area contributed by atoms with Gasteiger partial charge in [0.2, 0.25) is 5.91 Å². The largest absolute Gasteiger partial charge is 0.309 e. The van der Waals surface area contributed by atoms with Crippen LogP contribution >= 0.6 is 11.8 Å².